The van der Waals surface area contributed by atoms with Crippen molar-refractivity contribution in [1.29, 1.82) is 0 Å². The molecule has 0 bridgehead atoms. The van der Waals surface area contributed by atoms with Crippen molar-refractivity contribution in [2.45, 2.75) is 13.8 Å². The van der Waals surface area contributed by atoms with Crippen LogP contribution in [0.2, 0.25) is 0 Å². The first-order valence-electron chi connectivity index (χ1n) is 4.19. The number of nitrogens with one attached hydrogen (secondary N) is 1. The fourth-order valence-electron chi connectivity index (χ4n) is 1.37. The second-order valence-electron chi connectivity index (χ2n) is 3.18. The summed E-state index contributed by atoms with van der Waals surface area (Å²) in [5, 5.41) is 2.63. The summed E-state index contributed by atoms with van der Waals surface area (Å²) in [6.45, 7) is 3.82. The topological polar surface area (TPSA) is 41.5 Å². The zero-order valence-electron chi connectivity index (χ0n) is 10.8. The molecule has 0 spiro atoms. The van der Waals surface area contributed by atoms with Gasteiger partial charge in [0.25, 0.3) is 0 Å². The van der Waals surface area contributed by atoms with Crippen molar-refractivity contribution in [2.75, 3.05) is 5.32 Å². The van der Waals surface area contributed by atoms with Crippen LogP contribution in [0.3, 0.4) is 0 Å². The van der Waals surface area contributed by atoms with E-state index < -0.39 is 0 Å². The minimum Gasteiger partial charge on any atom is -0.407 e. The zero-order chi connectivity index (χ0) is 10.3. The van der Waals surface area contributed by atoms with Gasteiger partial charge in [-0.3, -0.25) is 16.9 Å². The Morgan fingerprint density at radius 1 is 1.00 bits per heavy atom. The predicted octanol–water partition coefficient (Wildman–Crippen LogP) is 0.716. The Hall–Kier alpha value is 3.94. The number of hydrogen-bond acceptors (Lipinski definition) is 2. The quantitative estimate of drug-likeness (QED) is 0.335. The molecule has 83 valence electrons. The van der Waals surface area contributed by atoms with Gasteiger partial charge < -0.3 is 10.2 Å². The molecule has 1 N–H and O–H groups in total. The van der Waals surface area contributed by atoms with Crippen molar-refractivity contribution in [2.24, 2.45) is 4.90 Å². The molecule has 1 aromatic carbocycles. The maximum absolute atomic E-state index is 11.3. The third-order valence-electron chi connectivity index (χ3n) is 2.26. The average Bonchev–Trinajstić information content (AvgIpc) is 2.42. The van der Waals surface area contributed by atoms with E-state index in [1.807, 2.05) is 13.8 Å². The summed E-state index contributed by atoms with van der Waals surface area (Å²) in [5.41, 5.74) is 3.35. The molecule has 0 saturated heterocycles. The van der Waals surface area contributed by atoms with Gasteiger partial charge in [-0.1, -0.05) is 6.92 Å². The van der Waals surface area contributed by atoms with Crippen molar-refractivity contribution >= 4 is 25.3 Å². The van der Waals surface area contributed by atoms with Gasteiger partial charge >= 0.3 is 0 Å². The molecule has 7 radical (unpaired) electrons. The summed E-state index contributed by atoms with van der Waals surface area (Å²) >= 11 is 0. The first-order chi connectivity index (χ1) is 6.63. The van der Waals surface area contributed by atoms with Gasteiger partial charge in [-0.15, -0.1) is 6.92 Å². The molecule has 0 aliphatic carbocycles. The summed E-state index contributed by atoms with van der Waals surface area (Å²) < 4.78 is 0. The number of benzene rings is 1. The first kappa shape index (κ1) is 30.8. The Morgan fingerprint density at radius 2 is 1.47 bits per heavy atom. The summed E-state index contributed by atoms with van der Waals surface area (Å²) in [6, 6.07) is 6.11. The van der Waals surface area contributed by atoms with Gasteiger partial charge in [0.05, 0.1) is 0 Å². The molecule has 3 nitrogen and oxygen atoms in total. The molecule has 1 aliphatic heterocycles. The monoisotopic (exact) mass is 627 g/mol. The van der Waals surface area contributed by atoms with Crippen molar-refractivity contribution in [1.82, 2.24) is 0 Å². The first-order valence-corrected chi connectivity index (χ1v) is 4.19. The molecule has 1 heterocycles. The van der Waals surface area contributed by atoms with Crippen LogP contribution in [0.15, 0.2) is 4.90 Å². The third kappa shape index (κ3) is 7.58. The predicted molar refractivity (Wildman–Crippen MR) is 54.5 cm³/mol. The van der Waals surface area contributed by atoms with Crippen LogP contribution in [-0.2, 0) is 168 Å². The number of carbonyl (C=O) groups is 1. The van der Waals surface area contributed by atoms with Gasteiger partial charge in [0.15, 0.2) is 0 Å². The summed E-state index contributed by atoms with van der Waals surface area (Å²) in [4.78, 5) is 14.8. The Bertz CT molecular complexity index is 467. The molecule has 1 amide bonds. The van der Waals surface area contributed by atoms with E-state index in [2.05, 4.69) is 22.4 Å². The normalized spacial score (nSPS) is 12.5. The Balaban J connectivity index is -0.000000225. The van der Waals surface area contributed by atoms with Crippen LogP contribution in [0.25, 0.3) is 0 Å². The second kappa shape index (κ2) is 14.3. The van der Waals surface area contributed by atoms with Crippen molar-refractivity contribution < 1.29 is 168 Å². The smallest absolute Gasteiger partial charge is 0.241 e. The van der Waals surface area contributed by atoms with Crippen molar-refractivity contribution in [3.05, 3.63) is 28.8 Å². The van der Waals surface area contributed by atoms with E-state index in [-0.39, 0.29) is 175 Å². The number of anilines is 1. The van der Waals surface area contributed by atoms with E-state index in [4.69, 9.17) is 7.98 Å². The minimum atomic E-state index is -0.292. The molecule has 0 aromatic heterocycles. The van der Waals surface area contributed by atoms with Crippen LogP contribution in [0.4, 0.5) is 5.69 Å². The molecule has 19 heavy (non-hydrogen) atoms. The molecular formula is C10H7BN2OY5-2. The van der Waals surface area contributed by atoms with Crippen LogP contribution in [0.1, 0.15) is 16.7 Å². The van der Waals surface area contributed by atoms with Gasteiger partial charge in [0, 0.05) is 164 Å². The maximum atomic E-state index is 11.3. The molecule has 2 rings (SSSR count). The molecule has 0 fully saturated rings. The number of aryl methyl sites for hydroxylation is 2. The van der Waals surface area contributed by atoms with Crippen LogP contribution in [0, 0.1) is 26.0 Å². The van der Waals surface area contributed by atoms with Gasteiger partial charge in [0.1, 0.15) is 0 Å². The molecule has 0 unspecified atom stereocenters. The number of amides is 1. The summed E-state index contributed by atoms with van der Waals surface area (Å²) in [6.07, 6.45) is 0. The van der Waals surface area contributed by atoms with Crippen LogP contribution in [0.5, 0.6) is 0 Å². The third-order valence-corrected chi connectivity index (χ3v) is 2.26. The number of carbonyl (C=O) groups excluding carboxylic acids is 1. The second-order valence-corrected chi connectivity index (χ2v) is 3.18. The average molecular weight is 627 g/mol. The summed E-state index contributed by atoms with van der Waals surface area (Å²) in [5.74, 6) is -0.292. The number of hydrogen-bond donors (Lipinski definition) is 1. The van der Waals surface area contributed by atoms with Crippen LogP contribution >= 0.6 is 0 Å². The molecule has 0 atom stereocenters. The number of fused-ring (bicyclic) bond motifs is 1. The fourth-order valence-corrected chi connectivity index (χ4v) is 1.37. The van der Waals surface area contributed by atoms with Crippen LogP contribution in [-0.4, -0.2) is 19.6 Å². The minimum absolute atomic E-state index is 0. The van der Waals surface area contributed by atoms with E-state index in [1.165, 1.54) is 0 Å². The number of nitrogens with zero attached hydrogens (tertiary/aromatic N) is 1. The molecule has 9 heteroatoms. The summed E-state index contributed by atoms with van der Waals surface area (Å²) in [7, 11) is 5.12. The van der Waals surface area contributed by atoms with E-state index in [1.54, 1.807) is 0 Å². The van der Waals surface area contributed by atoms with E-state index >= 15 is 0 Å². The Morgan fingerprint density at radius 3 is 1.95 bits per heavy atom. The standard InChI is InChI=1S/C10H7BN2O.5Y/c1-5-3-7-8(4-6(5)2)12-10(14)9(7)13-11;;;;;/h1-2H3,(H,12,13,14);;;;;/q-2;;;;;. The molecular weight excluding hydrogens is 619 g/mol. The van der Waals surface area contributed by atoms with E-state index in [9.17, 15) is 4.79 Å². The largest absolute Gasteiger partial charge is 0.407 e. The van der Waals surface area contributed by atoms with E-state index in [0.717, 1.165) is 11.1 Å². The SMILES string of the molecule is [B]N=C1C(=O)Nc2[c-]c(C)c(C)[c-]c21.[Y].[Y].[Y].[Y].[Y]. The van der Waals surface area contributed by atoms with Gasteiger partial charge in [-0.25, -0.2) is 16.7 Å². The van der Waals surface area contributed by atoms with E-state index in [0.29, 0.717) is 11.3 Å². The zero-order valence-corrected chi connectivity index (χ0v) is 25.0. The fraction of sp³-hybridized carbons (Fsp3) is 0.200. The number of rotatable bonds is 0. The van der Waals surface area contributed by atoms with Gasteiger partial charge in [-0.2, -0.15) is 5.69 Å². The molecule has 1 aromatic rings. The van der Waals surface area contributed by atoms with Crippen molar-refractivity contribution in [3.8, 4) is 0 Å². The Labute approximate surface area is 241 Å². The van der Waals surface area contributed by atoms with Crippen LogP contribution < -0.4 is 5.32 Å². The van der Waals surface area contributed by atoms with Gasteiger partial charge in [-0.05, 0) is 5.71 Å². The maximum Gasteiger partial charge on any atom is 0.241 e. The van der Waals surface area contributed by atoms with Gasteiger partial charge in [0.2, 0.25) is 13.9 Å². The molecule has 0 saturated carbocycles. The Kier molecular flexibility index (Phi) is 23.2. The molecule has 1 aliphatic rings. The van der Waals surface area contributed by atoms with Crippen molar-refractivity contribution in [3.63, 3.8) is 0 Å².